The van der Waals surface area contributed by atoms with Gasteiger partial charge in [-0.3, -0.25) is 4.79 Å². The molecule has 0 heterocycles. The van der Waals surface area contributed by atoms with Gasteiger partial charge in [0.2, 0.25) is 5.91 Å². The van der Waals surface area contributed by atoms with Crippen LogP contribution in [0.15, 0.2) is 42.5 Å². The zero-order valence-corrected chi connectivity index (χ0v) is 13.7. The molecule has 2 aromatic carbocycles. The number of nitrogens with one attached hydrogen (secondary N) is 2. The van der Waals surface area contributed by atoms with Gasteiger partial charge in [-0.1, -0.05) is 23.7 Å². The Morgan fingerprint density at radius 2 is 1.76 bits per heavy atom. The Morgan fingerprint density at radius 3 is 2.40 bits per heavy atom. The molecule has 8 heteroatoms. The van der Waals surface area contributed by atoms with Crippen molar-refractivity contribution in [2.75, 3.05) is 11.9 Å². The molecule has 2 aromatic rings. The second-order valence-electron chi connectivity index (χ2n) is 5.29. The second-order valence-corrected chi connectivity index (χ2v) is 5.70. The normalized spacial score (nSPS) is 11.4. The molecule has 0 radical (unpaired) electrons. The number of amides is 1. The van der Waals surface area contributed by atoms with Gasteiger partial charge in [0.1, 0.15) is 5.82 Å². The zero-order valence-electron chi connectivity index (χ0n) is 13.0. The van der Waals surface area contributed by atoms with Crippen LogP contribution in [0.2, 0.25) is 5.02 Å². The lowest BCUT2D eigenvalue weighted by Crippen LogP contribution is -2.21. The summed E-state index contributed by atoms with van der Waals surface area (Å²) in [7, 11) is 0. The highest BCUT2D eigenvalue weighted by molar-refractivity contribution is 6.31. The molecule has 0 aliphatic rings. The monoisotopic (exact) mass is 374 g/mol. The first-order valence-corrected chi connectivity index (χ1v) is 7.75. The maximum Gasteiger partial charge on any atom is 0.417 e. The van der Waals surface area contributed by atoms with Crippen molar-refractivity contribution in [3.8, 4) is 0 Å². The third kappa shape index (κ3) is 6.03. The molecule has 134 valence electrons. The summed E-state index contributed by atoms with van der Waals surface area (Å²) < 4.78 is 51.1. The fourth-order valence-corrected chi connectivity index (χ4v) is 2.31. The lowest BCUT2D eigenvalue weighted by Gasteiger charge is -2.12. The van der Waals surface area contributed by atoms with E-state index in [2.05, 4.69) is 10.6 Å². The summed E-state index contributed by atoms with van der Waals surface area (Å²) in [5.41, 5.74) is -0.115. The summed E-state index contributed by atoms with van der Waals surface area (Å²) >= 11 is 5.52. The Bertz CT molecular complexity index is 732. The van der Waals surface area contributed by atoms with Crippen molar-refractivity contribution >= 4 is 23.2 Å². The van der Waals surface area contributed by atoms with Gasteiger partial charge in [-0.05, 0) is 35.9 Å². The zero-order chi connectivity index (χ0) is 18.4. The molecular weight excluding hydrogens is 360 g/mol. The smallest absolute Gasteiger partial charge is 0.326 e. The average Bonchev–Trinajstić information content (AvgIpc) is 2.54. The van der Waals surface area contributed by atoms with Crippen molar-refractivity contribution in [2.24, 2.45) is 0 Å². The first kappa shape index (κ1) is 19.2. The van der Waals surface area contributed by atoms with Crippen LogP contribution < -0.4 is 10.6 Å². The van der Waals surface area contributed by atoms with Gasteiger partial charge in [0.25, 0.3) is 0 Å². The predicted molar refractivity (Wildman–Crippen MR) is 87.8 cm³/mol. The summed E-state index contributed by atoms with van der Waals surface area (Å²) in [5, 5.41) is 4.97. The van der Waals surface area contributed by atoms with E-state index in [0.717, 1.165) is 17.7 Å². The summed E-state index contributed by atoms with van der Waals surface area (Å²) in [5.74, 6) is -0.758. The first-order valence-electron chi connectivity index (χ1n) is 7.37. The van der Waals surface area contributed by atoms with Crippen LogP contribution in [-0.4, -0.2) is 12.5 Å². The molecule has 1 amide bonds. The minimum Gasteiger partial charge on any atom is -0.326 e. The Kier molecular flexibility index (Phi) is 6.39. The Labute approximate surface area is 147 Å². The van der Waals surface area contributed by atoms with Crippen LogP contribution in [0.4, 0.5) is 23.2 Å². The minimum atomic E-state index is -4.59. The fourth-order valence-electron chi connectivity index (χ4n) is 2.08. The van der Waals surface area contributed by atoms with E-state index in [0.29, 0.717) is 13.1 Å². The standard InChI is InChI=1S/C17H15ClF4N2O/c18-15-6-5-13(9-14(15)17(20,21)22)24-16(25)7-8-23-10-11-1-3-12(19)4-2-11/h1-6,9,23H,7-8,10H2,(H,24,25). The molecule has 2 N–H and O–H groups in total. The number of carbonyl (C=O) groups excluding carboxylic acids is 1. The number of hydrogen-bond donors (Lipinski definition) is 2. The molecule has 25 heavy (non-hydrogen) atoms. The van der Waals surface area contributed by atoms with E-state index in [9.17, 15) is 22.4 Å². The van der Waals surface area contributed by atoms with Crippen molar-refractivity contribution in [3.05, 3.63) is 64.4 Å². The summed E-state index contributed by atoms with van der Waals surface area (Å²) in [4.78, 5) is 11.8. The van der Waals surface area contributed by atoms with Crippen LogP contribution >= 0.6 is 11.6 Å². The molecule has 0 fully saturated rings. The van der Waals surface area contributed by atoms with Gasteiger partial charge < -0.3 is 10.6 Å². The highest BCUT2D eigenvalue weighted by atomic mass is 35.5. The number of carbonyl (C=O) groups is 1. The Morgan fingerprint density at radius 1 is 1.08 bits per heavy atom. The number of hydrogen-bond acceptors (Lipinski definition) is 2. The van der Waals surface area contributed by atoms with Gasteiger partial charge in [-0.2, -0.15) is 13.2 Å². The van der Waals surface area contributed by atoms with Crippen LogP contribution in [0.1, 0.15) is 17.5 Å². The van der Waals surface area contributed by atoms with Crippen LogP contribution in [0.25, 0.3) is 0 Å². The number of rotatable bonds is 6. The highest BCUT2D eigenvalue weighted by Gasteiger charge is 2.33. The maximum absolute atomic E-state index is 12.8. The third-order valence-electron chi connectivity index (χ3n) is 3.33. The average molecular weight is 375 g/mol. The lowest BCUT2D eigenvalue weighted by molar-refractivity contribution is -0.137. The summed E-state index contributed by atoms with van der Waals surface area (Å²) in [6, 6.07) is 9.11. The van der Waals surface area contributed by atoms with Crippen LogP contribution in [0.5, 0.6) is 0 Å². The molecular formula is C17H15ClF4N2O. The molecule has 3 nitrogen and oxygen atoms in total. The Hall–Kier alpha value is -2.12. The van der Waals surface area contributed by atoms with E-state index >= 15 is 0 Å². The minimum absolute atomic E-state index is 0.0280. The molecule has 0 aliphatic carbocycles. The number of anilines is 1. The van der Waals surface area contributed by atoms with E-state index in [4.69, 9.17) is 11.6 Å². The molecule has 0 spiro atoms. The largest absolute Gasteiger partial charge is 0.417 e. The van der Waals surface area contributed by atoms with Gasteiger partial charge in [0.05, 0.1) is 10.6 Å². The van der Waals surface area contributed by atoms with E-state index in [-0.39, 0.29) is 17.9 Å². The van der Waals surface area contributed by atoms with Gasteiger partial charge in [-0.15, -0.1) is 0 Å². The lowest BCUT2D eigenvalue weighted by atomic mass is 10.2. The van der Waals surface area contributed by atoms with Crippen molar-refractivity contribution in [2.45, 2.75) is 19.1 Å². The Balaban J connectivity index is 1.81. The molecule has 2 rings (SSSR count). The molecule has 0 bridgehead atoms. The van der Waals surface area contributed by atoms with Crippen LogP contribution in [0.3, 0.4) is 0 Å². The van der Waals surface area contributed by atoms with Gasteiger partial charge in [-0.25, -0.2) is 4.39 Å². The molecule has 0 saturated heterocycles. The number of halogens is 5. The van der Waals surface area contributed by atoms with Crippen molar-refractivity contribution in [1.29, 1.82) is 0 Å². The molecule has 0 saturated carbocycles. The molecule has 0 aliphatic heterocycles. The van der Waals surface area contributed by atoms with Crippen molar-refractivity contribution in [3.63, 3.8) is 0 Å². The van der Waals surface area contributed by atoms with Crippen molar-refractivity contribution in [1.82, 2.24) is 5.32 Å². The first-order chi connectivity index (χ1) is 11.8. The number of alkyl halides is 3. The molecule has 0 aromatic heterocycles. The molecule has 0 unspecified atom stereocenters. The fraction of sp³-hybridized carbons (Fsp3) is 0.235. The quantitative estimate of drug-likeness (QED) is 0.572. The van der Waals surface area contributed by atoms with Crippen LogP contribution in [0, 0.1) is 5.82 Å². The van der Waals surface area contributed by atoms with Gasteiger partial charge in [0.15, 0.2) is 0 Å². The maximum atomic E-state index is 12.8. The van der Waals surface area contributed by atoms with Gasteiger partial charge >= 0.3 is 6.18 Å². The van der Waals surface area contributed by atoms with E-state index < -0.39 is 22.7 Å². The topological polar surface area (TPSA) is 41.1 Å². The SMILES string of the molecule is O=C(CCNCc1ccc(F)cc1)Nc1ccc(Cl)c(C(F)(F)F)c1. The second kappa shape index (κ2) is 8.31. The number of benzene rings is 2. The van der Waals surface area contributed by atoms with Crippen molar-refractivity contribution < 1.29 is 22.4 Å². The molecule has 0 atom stereocenters. The van der Waals surface area contributed by atoms with E-state index in [1.54, 1.807) is 12.1 Å². The van der Waals surface area contributed by atoms with E-state index in [1.807, 2.05) is 0 Å². The summed E-state index contributed by atoms with van der Waals surface area (Å²) in [6.07, 6.45) is -4.51. The third-order valence-corrected chi connectivity index (χ3v) is 3.66. The van der Waals surface area contributed by atoms with Gasteiger partial charge in [0, 0.05) is 25.2 Å². The summed E-state index contributed by atoms with van der Waals surface area (Å²) in [6.45, 7) is 0.773. The highest BCUT2D eigenvalue weighted by Crippen LogP contribution is 2.36. The van der Waals surface area contributed by atoms with E-state index in [1.165, 1.54) is 18.2 Å². The predicted octanol–water partition coefficient (Wildman–Crippen LogP) is 4.62. The van der Waals surface area contributed by atoms with Crippen LogP contribution in [-0.2, 0) is 17.5 Å².